The number of nitrogens with two attached hydrogens (primary N) is 1. The van der Waals surface area contributed by atoms with E-state index in [1.54, 1.807) is 6.26 Å². The van der Waals surface area contributed by atoms with Gasteiger partial charge in [-0.3, -0.25) is 0 Å². The summed E-state index contributed by atoms with van der Waals surface area (Å²) in [4.78, 5) is 2.12. The number of anilines is 1. The highest BCUT2D eigenvalue weighted by molar-refractivity contribution is 6.33. The number of rotatable bonds is 5. The summed E-state index contributed by atoms with van der Waals surface area (Å²) in [5, 5.41) is 0.759. The predicted molar refractivity (Wildman–Crippen MR) is 79.8 cm³/mol. The van der Waals surface area contributed by atoms with Crippen LogP contribution >= 0.6 is 11.6 Å². The number of nitrogens with zero attached hydrogens (tertiary/aromatic N) is 1. The summed E-state index contributed by atoms with van der Waals surface area (Å²) in [6, 6.07) is 8.10. The summed E-state index contributed by atoms with van der Waals surface area (Å²) in [7, 11) is 2.02. The summed E-state index contributed by atoms with van der Waals surface area (Å²) >= 11 is 6.33. The molecule has 0 saturated carbocycles. The minimum absolute atomic E-state index is 0.639. The molecule has 0 atom stereocenters. The zero-order valence-electron chi connectivity index (χ0n) is 11.3. The molecule has 2 rings (SSSR count). The van der Waals surface area contributed by atoms with Gasteiger partial charge in [0.2, 0.25) is 0 Å². The van der Waals surface area contributed by atoms with Crippen LogP contribution in [0.15, 0.2) is 34.9 Å². The van der Waals surface area contributed by atoms with Crippen LogP contribution in [0.25, 0.3) is 0 Å². The first-order chi connectivity index (χ1) is 9.11. The number of benzene rings is 1. The number of aryl methyl sites for hydroxylation is 1. The molecule has 1 aromatic heterocycles. The van der Waals surface area contributed by atoms with E-state index in [0.717, 1.165) is 29.4 Å². The standard InChI is InChI=1S/C15H19ClN2O/c1-11-13(6-8-19-11)10-18(2)15-4-3-12(5-7-17)9-14(15)16/h3-4,6,8-9H,5,7,10,17H2,1-2H3. The van der Waals surface area contributed by atoms with Crippen LogP contribution in [0, 0.1) is 6.92 Å². The fraction of sp³-hybridized carbons (Fsp3) is 0.333. The van der Waals surface area contributed by atoms with Crippen LogP contribution in [0.3, 0.4) is 0 Å². The molecule has 0 aliphatic carbocycles. The van der Waals surface area contributed by atoms with Crippen molar-refractivity contribution in [3.8, 4) is 0 Å². The molecule has 0 aliphatic rings. The zero-order valence-corrected chi connectivity index (χ0v) is 12.1. The van der Waals surface area contributed by atoms with E-state index < -0.39 is 0 Å². The first-order valence-electron chi connectivity index (χ1n) is 6.34. The molecule has 0 radical (unpaired) electrons. The first-order valence-corrected chi connectivity index (χ1v) is 6.72. The van der Waals surface area contributed by atoms with Gasteiger partial charge in [0, 0.05) is 19.2 Å². The Labute approximate surface area is 119 Å². The second-order valence-electron chi connectivity index (χ2n) is 4.68. The Bertz CT molecular complexity index is 551. The molecule has 0 amide bonds. The molecule has 0 spiro atoms. The van der Waals surface area contributed by atoms with Gasteiger partial charge in [-0.1, -0.05) is 17.7 Å². The third kappa shape index (κ3) is 3.31. The lowest BCUT2D eigenvalue weighted by Gasteiger charge is -2.20. The van der Waals surface area contributed by atoms with Crippen molar-refractivity contribution >= 4 is 17.3 Å². The summed E-state index contributed by atoms with van der Waals surface area (Å²) in [6.07, 6.45) is 2.56. The van der Waals surface area contributed by atoms with E-state index in [1.807, 2.05) is 32.2 Å². The van der Waals surface area contributed by atoms with Crippen molar-refractivity contribution in [2.75, 3.05) is 18.5 Å². The highest BCUT2D eigenvalue weighted by Crippen LogP contribution is 2.27. The van der Waals surface area contributed by atoms with E-state index in [1.165, 1.54) is 11.1 Å². The molecule has 102 valence electrons. The molecule has 1 aromatic carbocycles. The summed E-state index contributed by atoms with van der Waals surface area (Å²) in [5.41, 5.74) is 8.91. The number of halogens is 1. The van der Waals surface area contributed by atoms with Crippen molar-refractivity contribution in [2.24, 2.45) is 5.73 Å². The Hall–Kier alpha value is -1.45. The van der Waals surface area contributed by atoms with Crippen molar-refractivity contribution in [3.05, 3.63) is 52.4 Å². The molecule has 2 aromatic rings. The van der Waals surface area contributed by atoms with Gasteiger partial charge in [-0.25, -0.2) is 0 Å². The summed E-state index contributed by atoms with van der Waals surface area (Å²) in [5.74, 6) is 0.947. The quantitative estimate of drug-likeness (QED) is 0.912. The minimum Gasteiger partial charge on any atom is -0.469 e. The SMILES string of the molecule is Cc1occc1CN(C)c1ccc(CCN)cc1Cl. The Balaban J connectivity index is 2.15. The van der Waals surface area contributed by atoms with Crippen LogP contribution in [0.1, 0.15) is 16.9 Å². The fourth-order valence-electron chi connectivity index (χ4n) is 2.10. The van der Waals surface area contributed by atoms with Gasteiger partial charge in [-0.2, -0.15) is 0 Å². The van der Waals surface area contributed by atoms with E-state index >= 15 is 0 Å². The van der Waals surface area contributed by atoms with Crippen molar-refractivity contribution in [2.45, 2.75) is 19.9 Å². The summed E-state index contributed by atoms with van der Waals surface area (Å²) < 4.78 is 5.31. The van der Waals surface area contributed by atoms with Crippen molar-refractivity contribution in [3.63, 3.8) is 0 Å². The Morgan fingerprint density at radius 3 is 2.68 bits per heavy atom. The van der Waals surface area contributed by atoms with Crippen LogP contribution in [-0.4, -0.2) is 13.6 Å². The number of furan rings is 1. The molecule has 0 aliphatic heterocycles. The number of hydrogen-bond donors (Lipinski definition) is 1. The number of hydrogen-bond acceptors (Lipinski definition) is 3. The van der Waals surface area contributed by atoms with Crippen LogP contribution in [0.4, 0.5) is 5.69 Å². The second-order valence-corrected chi connectivity index (χ2v) is 5.09. The van der Waals surface area contributed by atoms with Gasteiger partial charge in [0.25, 0.3) is 0 Å². The third-order valence-corrected chi connectivity index (χ3v) is 3.53. The smallest absolute Gasteiger partial charge is 0.105 e. The molecule has 19 heavy (non-hydrogen) atoms. The topological polar surface area (TPSA) is 42.4 Å². The molecule has 3 nitrogen and oxygen atoms in total. The highest BCUT2D eigenvalue weighted by atomic mass is 35.5. The maximum absolute atomic E-state index is 6.33. The van der Waals surface area contributed by atoms with Crippen LogP contribution in [0.5, 0.6) is 0 Å². The molecule has 0 saturated heterocycles. The Kier molecular flexibility index (Phi) is 4.51. The van der Waals surface area contributed by atoms with E-state index in [-0.39, 0.29) is 0 Å². The first kappa shape index (κ1) is 14.0. The summed E-state index contributed by atoms with van der Waals surface area (Å²) in [6.45, 7) is 3.38. The lowest BCUT2D eigenvalue weighted by molar-refractivity contribution is 0.529. The average molecular weight is 279 g/mol. The molecule has 0 fully saturated rings. The van der Waals surface area contributed by atoms with Gasteiger partial charge in [-0.05, 0) is 43.7 Å². The van der Waals surface area contributed by atoms with Gasteiger partial charge in [-0.15, -0.1) is 0 Å². The molecular weight excluding hydrogens is 260 g/mol. The van der Waals surface area contributed by atoms with Crippen LogP contribution in [-0.2, 0) is 13.0 Å². The van der Waals surface area contributed by atoms with E-state index in [9.17, 15) is 0 Å². The maximum atomic E-state index is 6.33. The molecule has 0 bridgehead atoms. The van der Waals surface area contributed by atoms with E-state index in [2.05, 4.69) is 11.0 Å². The molecule has 4 heteroatoms. The van der Waals surface area contributed by atoms with E-state index in [0.29, 0.717) is 6.54 Å². The molecule has 1 heterocycles. The maximum Gasteiger partial charge on any atom is 0.105 e. The van der Waals surface area contributed by atoms with Gasteiger partial charge < -0.3 is 15.1 Å². The van der Waals surface area contributed by atoms with Crippen LogP contribution < -0.4 is 10.6 Å². The zero-order chi connectivity index (χ0) is 13.8. The highest BCUT2D eigenvalue weighted by Gasteiger charge is 2.10. The van der Waals surface area contributed by atoms with Crippen molar-refractivity contribution in [1.29, 1.82) is 0 Å². The Morgan fingerprint density at radius 1 is 1.32 bits per heavy atom. The average Bonchev–Trinajstić information content (AvgIpc) is 2.75. The fourth-order valence-corrected chi connectivity index (χ4v) is 2.45. The van der Waals surface area contributed by atoms with Crippen molar-refractivity contribution in [1.82, 2.24) is 0 Å². The predicted octanol–water partition coefficient (Wildman–Crippen LogP) is 3.38. The van der Waals surface area contributed by atoms with Gasteiger partial charge in [0.05, 0.1) is 17.0 Å². The largest absolute Gasteiger partial charge is 0.469 e. The van der Waals surface area contributed by atoms with Gasteiger partial charge in [0.1, 0.15) is 5.76 Å². The van der Waals surface area contributed by atoms with Crippen LogP contribution in [0.2, 0.25) is 5.02 Å². The Morgan fingerprint density at radius 2 is 2.11 bits per heavy atom. The third-order valence-electron chi connectivity index (χ3n) is 3.23. The minimum atomic E-state index is 0.639. The molecule has 0 unspecified atom stereocenters. The molecular formula is C15H19ClN2O. The lowest BCUT2D eigenvalue weighted by Crippen LogP contribution is -2.17. The normalized spacial score (nSPS) is 10.7. The molecule has 2 N–H and O–H groups in total. The lowest BCUT2D eigenvalue weighted by atomic mass is 10.1. The van der Waals surface area contributed by atoms with Crippen molar-refractivity contribution < 1.29 is 4.42 Å². The van der Waals surface area contributed by atoms with E-state index in [4.69, 9.17) is 21.8 Å². The second kappa shape index (κ2) is 6.13. The van der Waals surface area contributed by atoms with Gasteiger partial charge >= 0.3 is 0 Å². The monoisotopic (exact) mass is 278 g/mol. The van der Waals surface area contributed by atoms with Gasteiger partial charge in [0.15, 0.2) is 0 Å².